The molecule has 4 heteroatoms. The third-order valence-electron chi connectivity index (χ3n) is 3.72. The molecule has 104 valence electrons. The number of allylic oxidation sites excluding steroid dienone is 2. The van der Waals surface area contributed by atoms with E-state index in [9.17, 15) is 0 Å². The zero-order valence-corrected chi connectivity index (χ0v) is 11.6. The Bertz CT molecular complexity index is 560. The molecule has 0 saturated heterocycles. The van der Waals surface area contributed by atoms with E-state index in [0.717, 1.165) is 24.8 Å². The van der Waals surface area contributed by atoms with Crippen molar-refractivity contribution in [1.29, 1.82) is 0 Å². The summed E-state index contributed by atoms with van der Waals surface area (Å²) in [5, 5.41) is 3.56. The summed E-state index contributed by atoms with van der Waals surface area (Å²) in [4.78, 5) is 8.42. The van der Waals surface area contributed by atoms with Gasteiger partial charge in [-0.15, -0.1) is 0 Å². The van der Waals surface area contributed by atoms with Crippen molar-refractivity contribution in [2.24, 2.45) is 5.92 Å². The van der Waals surface area contributed by atoms with Gasteiger partial charge in [-0.3, -0.25) is 4.57 Å². The fourth-order valence-electron chi connectivity index (χ4n) is 2.57. The number of aromatic nitrogens is 3. The molecule has 2 aromatic rings. The fraction of sp³-hybridized carbons (Fsp3) is 0.375. The molecule has 0 spiro atoms. The predicted molar refractivity (Wildman–Crippen MR) is 79.5 cm³/mol. The van der Waals surface area contributed by atoms with E-state index in [1.807, 2.05) is 17.0 Å². The molecule has 3 rings (SSSR count). The first-order valence-corrected chi connectivity index (χ1v) is 7.21. The second-order valence-electron chi connectivity index (χ2n) is 5.27. The fourth-order valence-corrected chi connectivity index (χ4v) is 2.57. The average Bonchev–Trinajstić information content (AvgIpc) is 3.03. The lowest BCUT2D eigenvalue weighted by molar-refractivity contribution is 0.440. The largest absolute Gasteiger partial charge is 0.312 e. The molecule has 0 aliphatic heterocycles. The summed E-state index contributed by atoms with van der Waals surface area (Å²) in [5.41, 5.74) is 1.26. The van der Waals surface area contributed by atoms with Crippen LogP contribution in [0.4, 0.5) is 0 Å². The molecule has 0 saturated carbocycles. The summed E-state index contributed by atoms with van der Waals surface area (Å²) < 4.78 is 1.93. The molecule has 1 N–H and O–H groups in total. The molecule has 0 fully saturated rings. The van der Waals surface area contributed by atoms with E-state index in [-0.39, 0.29) is 0 Å². The van der Waals surface area contributed by atoms with Gasteiger partial charge < -0.3 is 5.32 Å². The predicted octanol–water partition coefficient (Wildman–Crippen LogP) is 2.71. The molecular formula is C16H20N4. The topological polar surface area (TPSA) is 42.7 Å². The Morgan fingerprint density at radius 1 is 1.30 bits per heavy atom. The molecule has 20 heavy (non-hydrogen) atoms. The standard InChI is InChI=1S/C16H20N4/c1-2-4-14(5-3-1)11-18-12-15-6-7-19-16(10-15)20-9-8-17-13-20/h1-2,6-10,13-14,18H,3-5,11-12H2/t14-/m0/s1. The number of hydrogen-bond donors (Lipinski definition) is 1. The molecule has 4 nitrogen and oxygen atoms in total. The molecule has 0 amide bonds. The van der Waals surface area contributed by atoms with Crippen LogP contribution in [-0.4, -0.2) is 21.1 Å². The minimum atomic E-state index is 0.787. The molecule has 0 unspecified atom stereocenters. The lowest BCUT2D eigenvalue weighted by Crippen LogP contribution is -2.23. The van der Waals surface area contributed by atoms with Gasteiger partial charge in [0.25, 0.3) is 0 Å². The average molecular weight is 268 g/mol. The van der Waals surface area contributed by atoms with E-state index in [0.29, 0.717) is 0 Å². The monoisotopic (exact) mass is 268 g/mol. The van der Waals surface area contributed by atoms with Crippen LogP contribution < -0.4 is 5.32 Å². The maximum atomic E-state index is 4.37. The highest BCUT2D eigenvalue weighted by Gasteiger charge is 2.09. The van der Waals surface area contributed by atoms with Gasteiger partial charge in [-0.1, -0.05) is 12.2 Å². The maximum Gasteiger partial charge on any atom is 0.138 e. The second kappa shape index (κ2) is 6.48. The Balaban J connectivity index is 1.55. The molecule has 2 heterocycles. The third kappa shape index (κ3) is 3.33. The zero-order valence-electron chi connectivity index (χ0n) is 11.6. The molecule has 1 atom stereocenters. The van der Waals surface area contributed by atoms with Crippen LogP contribution in [0.1, 0.15) is 24.8 Å². The van der Waals surface area contributed by atoms with Gasteiger partial charge in [-0.25, -0.2) is 9.97 Å². The van der Waals surface area contributed by atoms with Gasteiger partial charge in [0.2, 0.25) is 0 Å². The van der Waals surface area contributed by atoms with Crippen LogP contribution in [0.5, 0.6) is 0 Å². The summed E-state index contributed by atoms with van der Waals surface area (Å²) in [7, 11) is 0. The highest BCUT2D eigenvalue weighted by Crippen LogP contribution is 2.17. The first kappa shape index (κ1) is 13.1. The minimum Gasteiger partial charge on any atom is -0.312 e. The summed E-state index contributed by atoms with van der Waals surface area (Å²) in [5.74, 6) is 1.71. The Morgan fingerprint density at radius 2 is 2.30 bits per heavy atom. The van der Waals surface area contributed by atoms with Gasteiger partial charge in [-0.2, -0.15) is 0 Å². The molecular weight excluding hydrogens is 248 g/mol. The van der Waals surface area contributed by atoms with Crippen LogP contribution in [-0.2, 0) is 6.54 Å². The normalized spacial score (nSPS) is 18.3. The lowest BCUT2D eigenvalue weighted by atomic mass is 9.94. The van der Waals surface area contributed by atoms with Gasteiger partial charge in [0, 0.05) is 25.1 Å². The number of rotatable bonds is 5. The Kier molecular flexibility index (Phi) is 4.23. The molecule has 0 aromatic carbocycles. The highest BCUT2D eigenvalue weighted by molar-refractivity contribution is 5.27. The van der Waals surface area contributed by atoms with E-state index in [1.165, 1.54) is 24.8 Å². The van der Waals surface area contributed by atoms with E-state index in [2.05, 4.69) is 39.6 Å². The van der Waals surface area contributed by atoms with Crippen LogP contribution in [0.3, 0.4) is 0 Å². The molecule has 1 aliphatic rings. The van der Waals surface area contributed by atoms with E-state index >= 15 is 0 Å². The summed E-state index contributed by atoms with van der Waals surface area (Å²) in [6.45, 7) is 1.98. The van der Waals surface area contributed by atoms with Gasteiger partial charge in [0.1, 0.15) is 12.1 Å². The first-order valence-electron chi connectivity index (χ1n) is 7.21. The van der Waals surface area contributed by atoms with Crippen LogP contribution in [0.15, 0.2) is 49.2 Å². The Hall–Kier alpha value is -1.94. The smallest absolute Gasteiger partial charge is 0.138 e. The zero-order chi connectivity index (χ0) is 13.6. The van der Waals surface area contributed by atoms with E-state index in [1.54, 1.807) is 12.5 Å². The van der Waals surface area contributed by atoms with Crippen molar-refractivity contribution in [2.75, 3.05) is 6.54 Å². The van der Waals surface area contributed by atoms with Crippen molar-refractivity contribution in [1.82, 2.24) is 19.9 Å². The van der Waals surface area contributed by atoms with Crippen LogP contribution in [0.25, 0.3) is 5.82 Å². The number of imidazole rings is 1. The van der Waals surface area contributed by atoms with E-state index < -0.39 is 0 Å². The van der Waals surface area contributed by atoms with Crippen LogP contribution in [0, 0.1) is 5.92 Å². The minimum absolute atomic E-state index is 0.787. The third-order valence-corrected chi connectivity index (χ3v) is 3.72. The number of nitrogens with one attached hydrogen (secondary N) is 1. The lowest BCUT2D eigenvalue weighted by Gasteiger charge is -2.18. The Morgan fingerprint density at radius 3 is 3.10 bits per heavy atom. The van der Waals surface area contributed by atoms with E-state index in [4.69, 9.17) is 0 Å². The second-order valence-corrected chi connectivity index (χ2v) is 5.27. The highest BCUT2D eigenvalue weighted by atomic mass is 15.1. The van der Waals surface area contributed by atoms with Crippen molar-refractivity contribution in [3.05, 3.63) is 54.8 Å². The van der Waals surface area contributed by atoms with Crippen molar-refractivity contribution < 1.29 is 0 Å². The van der Waals surface area contributed by atoms with Gasteiger partial charge in [0.05, 0.1) is 0 Å². The molecule has 0 radical (unpaired) electrons. The quantitative estimate of drug-likeness (QED) is 0.848. The summed E-state index contributed by atoms with van der Waals surface area (Å²) >= 11 is 0. The van der Waals surface area contributed by atoms with Crippen molar-refractivity contribution >= 4 is 0 Å². The Labute approximate surface area is 119 Å². The summed E-state index contributed by atoms with van der Waals surface area (Å²) in [6, 6.07) is 4.17. The van der Waals surface area contributed by atoms with Crippen LogP contribution in [0.2, 0.25) is 0 Å². The number of hydrogen-bond acceptors (Lipinski definition) is 3. The van der Waals surface area contributed by atoms with Gasteiger partial charge in [-0.05, 0) is 49.4 Å². The van der Waals surface area contributed by atoms with Crippen molar-refractivity contribution in [3.8, 4) is 5.82 Å². The van der Waals surface area contributed by atoms with Gasteiger partial charge in [0.15, 0.2) is 0 Å². The van der Waals surface area contributed by atoms with Crippen molar-refractivity contribution in [3.63, 3.8) is 0 Å². The molecule has 2 aromatic heterocycles. The molecule has 0 bridgehead atoms. The number of nitrogens with zero attached hydrogens (tertiary/aromatic N) is 3. The van der Waals surface area contributed by atoms with Gasteiger partial charge >= 0.3 is 0 Å². The first-order chi connectivity index (χ1) is 9.92. The number of pyridine rings is 1. The SMILES string of the molecule is C1=CC[C@H](CNCc2ccnc(-n3ccnc3)c2)CC1. The van der Waals surface area contributed by atoms with Crippen LogP contribution >= 0.6 is 0 Å². The van der Waals surface area contributed by atoms with Crippen molar-refractivity contribution in [2.45, 2.75) is 25.8 Å². The summed E-state index contributed by atoms with van der Waals surface area (Å²) in [6.07, 6.45) is 15.6. The maximum absolute atomic E-state index is 4.37. The molecule has 1 aliphatic carbocycles.